The molecule has 0 amide bonds. The van der Waals surface area contributed by atoms with Gasteiger partial charge in [-0.1, -0.05) is 0 Å². The number of hydrogen-bond donors (Lipinski definition) is 0. The van der Waals surface area contributed by atoms with Crippen molar-refractivity contribution in [3.8, 4) is 0 Å². The Morgan fingerprint density at radius 2 is 2.44 bits per heavy atom. The first-order valence-corrected chi connectivity index (χ1v) is 6.32. The molecular weight excluding hydrogens is 228 g/mol. The smallest absolute Gasteiger partial charge is 0.152 e. The van der Waals surface area contributed by atoms with Gasteiger partial charge in [0.1, 0.15) is 5.65 Å². The quantitative estimate of drug-likeness (QED) is 0.779. The molecule has 0 aromatic carbocycles. The van der Waals surface area contributed by atoms with Crippen molar-refractivity contribution < 1.29 is 9.53 Å². The van der Waals surface area contributed by atoms with Crippen LogP contribution < -0.4 is 0 Å². The Hall–Kier alpha value is -1.68. The number of carbonyl (C=O) groups is 1. The number of hydrogen-bond acceptors (Lipinski definition) is 3. The summed E-state index contributed by atoms with van der Waals surface area (Å²) >= 11 is 0. The van der Waals surface area contributed by atoms with Crippen LogP contribution in [0.5, 0.6) is 0 Å². The second-order valence-electron chi connectivity index (χ2n) is 4.88. The third-order valence-corrected chi connectivity index (χ3v) is 3.51. The molecule has 1 saturated heterocycles. The van der Waals surface area contributed by atoms with Gasteiger partial charge in [0.15, 0.2) is 6.29 Å². The van der Waals surface area contributed by atoms with Crippen molar-refractivity contribution in [3.63, 3.8) is 0 Å². The highest BCUT2D eigenvalue weighted by Gasteiger charge is 2.23. The number of aldehydes is 1. The Bertz CT molecular complexity index is 576. The number of aromatic nitrogens is 2. The minimum Gasteiger partial charge on any atom is -0.373 e. The van der Waals surface area contributed by atoms with Crippen molar-refractivity contribution in [2.75, 3.05) is 0 Å². The molecule has 0 bridgehead atoms. The van der Waals surface area contributed by atoms with Gasteiger partial charge in [-0.05, 0) is 31.9 Å². The van der Waals surface area contributed by atoms with Crippen LogP contribution in [0.25, 0.3) is 11.0 Å². The lowest BCUT2D eigenvalue weighted by Gasteiger charge is -2.12. The maximum atomic E-state index is 11.1. The summed E-state index contributed by atoms with van der Waals surface area (Å²) in [6, 6.07) is 3.79. The van der Waals surface area contributed by atoms with Crippen LogP contribution in [0, 0.1) is 0 Å². The summed E-state index contributed by atoms with van der Waals surface area (Å²) in [6.07, 6.45) is 7.27. The normalized spacial score (nSPS) is 23.6. The van der Waals surface area contributed by atoms with Crippen LogP contribution in [-0.2, 0) is 11.3 Å². The Kier molecular flexibility index (Phi) is 2.88. The highest BCUT2D eigenvalue weighted by molar-refractivity contribution is 5.95. The van der Waals surface area contributed by atoms with Crippen LogP contribution in [0.4, 0.5) is 0 Å². The first kappa shape index (κ1) is 11.4. The topological polar surface area (TPSA) is 44.1 Å². The molecule has 4 nitrogen and oxygen atoms in total. The molecule has 0 N–H and O–H groups in total. The third kappa shape index (κ3) is 1.93. The van der Waals surface area contributed by atoms with E-state index in [4.69, 9.17) is 4.74 Å². The van der Waals surface area contributed by atoms with Crippen molar-refractivity contribution in [2.45, 2.75) is 38.5 Å². The fourth-order valence-electron chi connectivity index (χ4n) is 2.62. The van der Waals surface area contributed by atoms with Crippen molar-refractivity contribution in [1.29, 1.82) is 0 Å². The summed E-state index contributed by atoms with van der Waals surface area (Å²) in [5.41, 5.74) is 1.56. The second kappa shape index (κ2) is 4.53. The van der Waals surface area contributed by atoms with Crippen LogP contribution in [0.3, 0.4) is 0 Å². The van der Waals surface area contributed by atoms with Crippen LogP contribution in [0.15, 0.2) is 24.5 Å². The third-order valence-electron chi connectivity index (χ3n) is 3.51. The van der Waals surface area contributed by atoms with Gasteiger partial charge in [0.25, 0.3) is 0 Å². The van der Waals surface area contributed by atoms with Gasteiger partial charge in [-0.3, -0.25) is 4.79 Å². The Morgan fingerprint density at radius 3 is 3.17 bits per heavy atom. The van der Waals surface area contributed by atoms with Gasteiger partial charge < -0.3 is 9.30 Å². The summed E-state index contributed by atoms with van der Waals surface area (Å²) in [5, 5.41) is 0.915. The van der Waals surface area contributed by atoms with Gasteiger partial charge in [-0.15, -0.1) is 0 Å². The molecule has 2 aromatic heterocycles. The maximum absolute atomic E-state index is 11.1. The zero-order chi connectivity index (χ0) is 12.5. The molecule has 2 unspecified atom stereocenters. The largest absolute Gasteiger partial charge is 0.373 e. The molecule has 3 rings (SSSR count). The van der Waals surface area contributed by atoms with Gasteiger partial charge in [0.2, 0.25) is 0 Å². The Labute approximate surface area is 106 Å². The predicted octanol–water partition coefficient (Wildman–Crippen LogP) is 2.42. The molecule has 94 valence electrons. The zero-order valence-electron chi connectivity index (χ0n) is 10.4. The predicted molar refractivity (Wildman–Crippen MR) is 68.7 cm³/mol. The molecule has 1 aliphatic heterocycles. The number of nitrogens with zero attached hydrogens (tertiary/aromatic N) is 2. The first-order valence-electron chi connectivity index (χ1n) is 6.32. The highest BCUT2D eigenvalue weighted by Crippen LogP contribution is 2.23. The van der Waals surface area contributed by atoms with E-state index in [0.717, 1.165) is 36.7 Å². The first-order chi connectivity index (χ1) is 8.78. The van der Waals surface area contributed by atoms with Crippen LogP contribution in [-0.4, -0.2) is 28.0 Å². The van der Waals surface area contributed by atoms with E-state index in [9.17, 15) is 4.79 Å². The molecule has 0 radical (unpaired) electrons. The fraction of sp³-hybridized carbons (Fsp3) is 0.429. The van der Waals surface area contributed by atoms with Gasteiger partial charge in [0.05, 0.1) is 18.8 Å². The average molecular weight is 244 g/mol. The van der Waals surface area contributed by atoms with Crippen molar-refractivity contribution in [2.24, 2.45) is 0 Å². The average Bonchev–Trinajstić information content (AvgIpc) is 2.95. The second-order valence-corrected chi connectivity index (χ2v) is 4.88. The van der Waals surface area contributed by atoms with E-state index in [1.54, 1.807) is 6.20 Å². The lowest BCUT2D eigenvalue weighted by Crippen LogP contribution is -2.16. The summed E-state index contributed by atoms with van der Waals surface area (Å²) in [7, 11) is 0. The minimum atomic E-state index is 0.233. The zero-order valence-corrected chi connectivity index (χ0v) is 10.4. The standard InChI is InChI=1S/C14H16N2O2/c1-10-4-5-12(18-10)8-16-7-11(9-17)13-3-2-6-15-14(13)16/h2-3,6-7,9-10,12H,4-5,8H2,1H3. The summed E-state index contributed by atoms with van der Waals surface area (Å²) < 4.78 is 7.85. The van der Waals surface area contributed by atoms with E-state index in [1.165, 1.54) is 0 Å². The molecule has 2 atom stereocenters. The van der Waals surface area contributed by atoms with Crippen molar-refractivity contribution in [3.05, 3.63) is 30.1 Å². The lowest BCUT2D eigenvalue weighted by atomic mass is 10.2. The molecule has 4 heteroatoms. The van der Waals surface area contributed by atoms with Gasteiger partial charge in [-0.2, -0.15) is 0 Å². The summed E-state index contributed by atoms with van der Waals surface area (Å²) in [6.45, 7) is 2.87. The van der Waals surface area contributed by atoms with E-state index in [0.29, 0.717) is 11.7 Å². The summed E-state index contributed by atoms with van der Waals surface area (Å²) in [5.74, 6) is 0. The van der Waals surface area contributed by atoms with Crippen LogP contribution >= 0.6 is 0 Å². The minimum absolute atomic E-state index is 0.233. The molecule has 2 aromatic rings. The van der Waals surface area contributed by atoms with Crippen LogP contribution in [0.1, 0.15) is 30.1 Å². The molecule has 1 aliphatic rings. The van der Waals surface area contributed by atoms with Gasteiger partial charge in [-0.25, -0.2) is 4.98 Å². The van der Waals surface area contributed by atoms with Crippen molar-refractivity contribution >= 4 is 17.3 Å². The Balaban J connectivity index is 1.94. The molecule has 3 heterocycles. The number of pyridine rings is 1. The molecule has 0 aliphatic carbocycles. The molecular formula is C14H16N2O2. The van der Waals surface area contributed by atoms with E-state index < -0.39 is 0 Å². The van der Waals surface area contributed by atoms with Crippen molar-refractivity contribution in [1.82, 2.24) is 9.55 Å². The number of ether oxygens (including phenoxy) is 1. The van der Waals surface area contributed by atoms with E-state index >= 15 is 0 Å². The number of carbonyl (C=O) groups excluding carboxylic acids is 1. The molecule has 1 fully saturated rings. The van der Waals surface area contributed by atoms with E-state index in [2.05, 4.69) is 11.9 Å². The molecule has 0 saturated carbocycles. The van der Waals surface area contributed by atoms with Gasteiger partial charge >= 0.3 is 0 Å². The highest BCUT2D eigenvalue weighted by atomic mass is 16.5. The SMILES string of the molecule is CC1CCC(Cn2cc(C=O)c3cccnc32)O1. The van der Waals surface area contributed by atoms with Crippen LogP contribution in [0.2, 0.25) is 0 Å². The fourth-order valence-corrected chi connectivity index (χ4v) is 2.62. The summed E-state index contributed by atoms with van der Waals surface area (Å²) in [4.78, 5) is 15.4. The lowest BCUT2D eigenvalue weighted by molar-refractivity contribution is 0.0464. The molecule has 18 heavy (non-hydrogen) atoms. The monoisotopic (exact) mass is 244 g/mol. The Morgan fingerprint density at radius 1 is 1.56 bits per heavy atom. The van der Waals surface area contributed by atoms with E-state index in [-0.39, 0.29) is 6.10 Å². The maximum Gasteiger partial charge on any atom is 0.152 e. The van der Waals surface area contributed by atoms with Gasteiger partial charge in [0, 0.05) is 23.3 Å². The number of rotatable bonds is 3. The number of fused-ring (bicyclic) bond motifs is 1. The van der Waals surface area contributed by atoms with E-state index in [1.807, 2.05) is 22.9 Å². The molecule has 0 spiro atoms.